The van der Waals surface area contributed by atoms with Crippen molar-refractivity contribution in [3.8, 4) is 0 Å². The number of nitrogens with one attached hydrogen (secondary N) is 1. The standard InChI is InChI=1S/C13H12ClNO/c14-10-7-12(16)15-11-6-5-8-3-1-2-4-9(8)13(10)11/h1-4,10H,5-7H2,(H,15,16). The van der Waals surface area contributed by atoms with Crippen molar-refractivity contribution in [2.45, 2.75) is 24.6 Å². The molecule has 0 bridgehead atoms. The lowest BCUT2D eigenvalue weighted by Gasteiger charge is -2.30. The SMILES string of the molecule is O=C1CC(Cl)C2=C(CCc3ccccc32)N1. The molecule has 16 heavy (non-hydrogen) atoms. The summed E-state index contributed by atoms with van der Waals surface area (Å²) in [6.07, 6.45) is 2.26. The summed E-state index contributed by atoms with van der Waals surface area (Å²) in [4.78, 5) is 11.4. The average molecular weight is 234 g/mol. The molecule has 0 fully saturated rings. The molecule has 0 saturated carbocycles. The van der Waals surface area contributed by atoms with Gasteiger partial charge in [-0.25, -0.2) is 0 Å². The van der Waals surface area contributed by atoms with Crippen molar-refractivity contribution in [1.29, 1.82) is 0 Å². The van der Waals surface area contributed by atoms with Crippen molar-refractivity contribution in [2.24, 2.45) is 0 Å². The van der Waals surface area contributed by atoms with E-state index in [1.165, 1.54) is 11.1 Å². The van der Waals surface area contributed by atoms with Gasteiger partial charge in [0.2, 0.25) is 5.91 Å². The van der Waals surface area contributed by atoms with Crippen LogP contribution in [0.15, 0.2) is 30.0 Å². The number of carbonyl (C=O) groups is 1. The minimum Gasteiger partial charge on any atom is -0.329 e. The largest absolute Gasteiger partial charge is 0.329 e. The summed E-state index contributed by atoms with van der Waals surface area (Å²) in [5, 5.41) is 2.77. The van der Waals surface area contributed by atoms with E-state index in [0.29, 0.717) is 6.42 Å². The Bertz CT molecular complexity index is 492. The molecule has 2 aliphatic rings. The highest BCUT2D eigenvalue weighted by molar-refractivity contribution is 6.28. The van der Waals surface area contributed by atoms with Crippen molar-refractivity contribution >= 4 is 23.1 Å². The van der Waals surface area contributed by atoms with Crippen LogP contribution >= 0.6 is 11.6 Å². The van der Waals surface area contributed by atoms with Gasteiger partial charge in [-0.15, -0.1) is 11.6 Å². The monoisotopic (exact) mass is 233 g/mol. The molecule has 1 aliphatic carbocycles. The van der Waals surface area contributed by atoms with E-state index >= 15 is 0 Å². The molecule has 1 aliphatic heterocycles. The number of hydrogen-bond donors (Lipinski definition) is 1. The molecular weight excluding hydrogens is 222 g/mol. The first-order valence-electron chi connectivity index (χ1n) is 5.51. The number of amides is 1. The van der Waals surface area contributed by atoms with Crippen molar-refractivity contribution in [1.82, 2.24) is 5.32 Å². The number of benzene rings is 1. The fraction of sp³-hybridized carbons (Fsp3) is 0.308. The predicted octanol–water partition coefficient (Wildman–Crippen LogP) is 2.47. The van der Waals surface area contributed by atoms with E-state index < -0.39 is 0 Å². The second kappa shape index (κ2) is 3.63. The number of allylic oxidation sites excluding steroid dienone is 2. The Labute approximate surface area is 99.3 Å². The highest BCUT2D eigenvalue weighted by Crippen LogP contribution is 2.37. The Kier molecular flexibility index (Phi) is 2.25. The van der Waals surface area contributed by atoms with Gasteiger partial charge in [0.25, 0.3) is 0 Å². The lowest BCUT2D eigenvalue weighted by atomic mass is 9.84. The summed E-state index contributed by atoms with van der Waals surface area (Å²) < 4.78 is 0. The van der Waals surface area contributed by atoms with E-state index in [-0.39, 0.29) is 11.3 Å². The number of fused-ring (bicyclic) bond motifs is 2. The van der Waals surface area contributed by atoms with Crippen LogP contribution in [0.4, 0.5) is 0 Å². The molecule has 0 saturated heterocycles. The van der Waals surface area contributed by atoms with Gasteiger partial charge in [-0.3, -0.25) is 4.79 Å². The van der Waals surface area contributed by atoms with Gasteiger partial charge >= 0.3 is 0 Å². The Morgan fingerprint density at radius 1 is 1.25 bits per heavy atom. The van der Waals surface area contributed by atoms with E-state index in [9.17, 15) is 4.79 Å². The number of alkyl halides is 1. The van der Waals surface area contributed by atoms with E-state index in [0.717, 1.165) is 24.1 Å². The molecule has 0 spiro atoms. The van der Waals surface area contributed by atoms with Gasteiger partial charge in [0.1, 0.15) is 0 Å². The van der Waals surface area contributed by atoms with Crippen molar-refractivity contribution < 1.29 is 4.79 Å². The van der Waals surface area contributed by atoms with Crippen LogP contribution in [-0.4, -0.2) is 11.3 Å². The fourth-order valence-electron chi connectivity index (χ4n) is 2.53. The van der Waals surface area contributed by atoms with Crippen LogP contribution in [0, 0.1) is 0 Å². The zero-order valence-electron chi connectivity index (χ0n) is 8.79. The lowest BCUT2D eigenvalue weighted by Crippen LogP contribution is -2.34. The van der Waals surface area contributed by atoms with Crippen LogP contribution in [0.5, 0.6) is 0 Å². The Morgan fingerprint density at radius 3 is 2.94 bits per heavy atom. The maximum atomic E-state index is 11.4. The fourth-order valence-corrected chi connectivity index (χ4v) is 2.92. The van der Waals surface area contributed by atoms with Gasteiger partial charge in [0.15, 0.2) is 0 Å². The minimum absolute atomic E-state index is 0.0399. The van der Waals surface area contributed by atoms with Crippen molar-refractivity contribution in [2.75, 3.05) is 0 Å². The highest BCUT2D eigenvalue weighted by Gasteiger charge is 2.30. The molecule has 1 unspecified atom stereocenters. The number of hydrogen-bond acceptors (Lipinski definition) is 1. The zero-order chi connectivity index (χ0) is 11.1. The van der Waals surface area contributed by atoms with Crippen LogP contribution in [0.25, 0.3) is 5.57 Å². The number of rotatable bonds is 0. The second-order valence-corrected chi connectivity index (χ2v) is 4.80. The summed E-state index contributed by atoms with van der Waals surface area (Å²) in [6.45, 7) is 0. The van der Waals surface area contributed by atoms with Gasteiger partial charge in [-0.2, -0.15) is 0 Å². The highest BCUT2D eigenvalue weighted by atomic mass is 35.5. The number of carbonyl (C=O) groups excluding carboxylic acids is 1. The maximum absolute atomic E-state index is 11.4. The third kappa shape index (κ3) is 1.45. The van der Waals surface area contributed by atoms with Gasteiger partial charge in [-0.1, -0.05) is 24.3 Å². The number of aryl methyl sites for hydroxylation is 1. The lowest BCUT2D eigenvalue weighted by molar-refractivity contribution is -0.120. The Hall–Kier alpha value is -1.28. The van der Waals surface area contributed by atoms with Crippen LogP contribution in [0.2, 0.25) is 0 Å². The quantitative estimate of drug-likeness (QED) is 0.686. The van der Waals surface area contributed by atoms with Crippen molar-refractivity contribution in [3.05, 3.63) is 41.1 Å². The average Bonchev–Trinajstić information content (AvgIpc) is 2.28. The first kappa shape index (κ1) is 9.91. The normalized spacial score (nSPS) is 23.6. The second-order valence-electron chi connectivity index (χ2n) is 4.27. The molecule has 1 atom stereocenters. The third-order valence-electron chi connectivity index (χ3n) is 3.25. The molecule has 1 aromatic rings. The molecule has 1 aromatic carbocycles. The summed E-state index contributed by atoms with van der Waals surface area (Å²) >= 11 is 6.29. The number of halogens is 1. The van der Waals surface area contributed by atoms with Crippen LogP contribution in [-0.2, 0) is 11.2 Å². The molecule has 0 aromatic heterocycles. The van der Waals surface area contributed by atoms with Gasteiger partial charge in [0, 0.05) is 12.1 Å². The Balaban J connectivity index is 2.15. The van der Waals surface area contributed by atoms with E-state index in [2.05, 4.69) is 23.5 Å². The zero-order valence-corrected chi connectivity index (χ0v) is 9.55. The van der Waals surface area contributed by atoms with Gasteiger partial charge in [-0.05, 0) is 29.5 Å². The summed E-state index contributed by atoms with van der Waals surface area (Å²) in [5.41, 5.74) is 4.70. The molecule has 82 valence electrons. The van der Waals surface area contributed by atoms with Crippen LogP contribution in [0.1, 0.15) is 24.0 Å². The molecular formula is C13H12ClNO. The molecule has 0 radical (unpaired) electrons. The van der Waals surface area contributed by atoms with Crippen molar-refractivity contribution in [3.63, 3.8) is 0 Å². The molecule has 3 rings (SSSR count). The summed E-state index contributed by atoms with van der Waals surface area (Å²) in [5.74, 6) is 0.0399. The summed E-state index contributed by atoms with van der Waals surface area (Å²) in [6, 6.07) is 8.31. The molecule has 3 heteroatoms. The van der Waals surface area contributed by atoms with E-state index in [1.807, 2.05) is 6.07 Å². The first-order valence-corrected chi connectivity index (χ1v) is 5.94. The first-order chi connectivity index (χ1) is 7.75. The molecule has 1 amide bonds. The minimum atomic E-state index is -0.176. The van der Waals surface area contributed by atoms with E-state index in [1.54, 1.807) is 0 Å². The smallest absolute Gasteiger partial charge is 0.225 e. The summed E-state index contributed by atoms with van der Waals surface area (Å²) in [7, 11) is 0. The third-order valence-corrected chi connectivity index (χ3v) is 3.62. The predicted molar refractivity (Wildman–Crippen MR) is 64.1 cm³/mol. The molecule has 1 heterocycles. The molecule has 1 N–H and O–H groups in total. The van der Waals surface area contributed by atoms with Crippen LogP contribution in [0.3, 0.4) is 0 Å². The van der Waals surface area contributed by atoms with Gasteiger partial charge < -0.3 is 5.32 Å². The van der Waals surface area contributed by atoms with Gasteiger partial charge in [0.05, 0.1) is 5.38 Å². The Morgan fingerprint density at radius 2 is 2.06 bits per heavy atom. The molecule has 2 nitrogen and oxygen atoms in total. The maximum Gasteiger partial charge on any atom is 0.225 e. The van der Waals surface area contributed by atoms with Crippen LogP contribution < -0.4 is 5.32 Å². The van der Waals surface area contributed by atoms with E-state index in [4.69, 9.17) is 11.6 Å². The topological polar surface area (TPSA) is 29.1 Å².